The van der Waals surface area contributed by atoms with Gasteiger partial charge in [-0.05, 0) is 82.7 Å². The van der Waals surface area contributed by atoms with Crippen molar-refractivity contribution in [3.8, 4) is 17.2 Å². The van der Waals surface area contributed by atoms with Gasteiger partial charge in [0, 0.05) is 11.3 Å². The molecule has 3 aromatic carbocycles. The van der Waals surface area contributed by atoms with Crippen molar-refractivity contribution in [3.05, 3.63) is 82.8 Å². The standard InChI is InChI=1S/C21H17BrN2O3S/c1-26-19-12-7-14(13-18(19)22)20(25)24-21(28)23-15-8-10-17(11-9-15)27-16-5-3-2-4-6-16/h2-13H,1H3,(H2,23,24,25,28). The van der Waals surface area contributed by atoms with Crippen LogP contribution in [0.4, 0.5) is 5.69 Å². The van der Waals surface area contributed by atoms with Crippen molar-refractivity contribution in [2.45, 2.75) is 0 Å². The Morgan fingerprint density at radius 3 is 2.29 bits per heavy atom. The lowest BCUT2D eigenvalue weighted by Gasteiger charge is -2.11. The molecule has 3 aromatic rings. The highest BCUT2D eigenvalue weighted by Crippen LogP contribution is 2.25. The Morgan fingerprint density at radius 1 is 0.964 bits per heavy atom. The predicted molar refractivity (Wildman–Crippen MR) is 117 cm³/mol. The summed E-state index contributed by atoms with van der Waals surface area (Å²) in [6.07, 6.45) is 0. The second kappa shape index (κ2) is 9.34. The molecule has 0 spiro atoms. The van der Waals surface area contributed by atoms with Crippen molar-refractivity contribution in [1.82, 2.24) is 5.32 Å². The number of hydrogen-bond donors (Lipinski definition) is 2. The summed E-state index contributed by atoms with van der Waals surface area (Å²) in [5, 5.41) is 5.83. The molecule has 1 amide bonds. The Kier molecular flexibility index (Phi) is 6.62. The van der Waals surface area contributed by atoms with Crippen LogP contribution < -0.4 is 20.1 Å². The molecule has 2 N–H and O–H groups in total. The molecular formula is C21H17BrN2O3S. The molecule has 142 valence electrons. The highest BCUT2D eigenvalue weighted by Gasteiger charge is 2.11. The van der Waals surface area contributed by atoms with Gasteiger partial charge in [0.2, 0.25) is 0 Å². The first-order chi connectivity index (χ1) is 13.5. The molecule has 0 fully saturated rings. The molecule has 0 radical (unpaired) electrons. The van der Waals surface area contributed by atoms with Crippen molar-refractivity contribution < 1.29 is 14.3 Å². The van der Waals surface area contributed by atoms with E-state index in [0.717, 1.165) is 11.4 Å². The smallest absolute Gasteiger partial charge is 0.257 e. The molecule has 0 unspecified atom stereocenters. The number of para-hydroxylation sites is 1. The lowest BCUT2D eigenvalue weighted by atomic mass is 10.2. The van der Waals surface area contributed by atoms with E-state index in [2.05, 4.69) is 26.6 Å². The topological polar surface area (TPSA) is 59.6 Å². The number of carbonyl (C=O) groups excluding carboxylic acids is 1. The average Bonchev–Trinajstić information content (AvgIpc) is 2.70. The third-order valence-electron chi connectivity index (χ3n) is 3.73. The minimum absolute atomic E-state index is 0.202. The fourth-order valence-electron chi connectivity index (χ4n) is 2.38. The van der Waals surface area contributed by atoms with Crippen molar-refractivity contribution >= 4 is 44.9 Å². The number of rotatable bonds is 5. The lowest BCUT2D eigenvalue weighted by Crippen LogP contribution is -2.34. The molecule has 5 nitrogen and oxygen atoms in total. The molecule has 0 saturated carbocycles. The summed E-state index contributed by atoms with van der Waals surface area (Å²) >= 11 is 8.58. The lowest BCUT2D eigenvalue weighted by molar-refractivity contribution is 0.0977. The number of nitrogens with one attached hydrogen (secondary N) is 2. The molecule has 3 rings (SSSR count). The zero-order chi connectivity index (χ0) is 19.9. The maximum atomic E-state index is 12.3. The number of methoxy groups -OCH3 is 1. The molecule has 0 aliphatic heterocycles. The summed E-state index contributed by atoms with van der Waals surface area (Å²) in [7, 11) is 1.56. The van der Waals surface area contributed by atoms with Crippen LogP contribution in [0.5, 0.6) is 17.2 Å². The van der Waals surface area contributed by atoms with Crippen LogP contribution in [0.2, 0.25) is 0 Å². The van der Waals surface area contributed by atoms with Crippen molar-refractivity contribution in [2.75, 3.05) is 12.4 Å². The normalized spacial score (nSPS) is 10.1. The van der Waals surface area contributed by atoms with Gasteiger partial charge in [0.25, 0.3) is 5.91 Å². The monoisotopic (exact) mass is 456 g/mol. The number of halogens is 1. The minimum atomic E-state index is -0.315. The molecule has 0 aliphatic rings. The first-order valence-corrected chi connectivity index (χ1v) is 9.54. The zero-order valence-electron chi connectivity index (χ0n) is 14.9. The van der Waals surface area contributed by atoms with Gasteiger partial charge in [-0.2, -0.15) is 0 Å². The summed E-state index contributed by atoms with van der Waals surface area (Å²) in [5.74, 6) is 1.80. The highest BCUT2D eigenvalue weighted by molar-refractivity contribution is 9.10. The molecule has 0 bridgehead atoms. The van der Waals surface area contributed by atoms with Crippen LogP contribution in [0.1, 0.15) is 10.4 Å². The van der Waals surface area contributed by atoms with Crippen LogP contribution in [0.15, 0.2) is 77.3 Å². The zero-order valence-corrected chi connectivity index (χ0v) is 17.3. The maximum Gasteiger partial charge on any atom is 0.257 e. The number of anilines is 1. The second-order valence-corrected chi connectivity index (χ2v) is 6.96. The van der Waals surface area contributed by atoms with E-state index in [0.29, 0.717) is 21.5 Å². The number of amides is 1. The largest absolute Gasteiger partial charge is 0.496 e. The third-order valence-corrected chi connectivity index (χ3v) is 4.56. The third kappa shape index (κ3) is 5.31. The summed E-state index contributed by atoms with van der Waals surface area (Å²) in [6.45, 7) is 0. The average molecular weight is 457 g/mol. The first-order valence-electron chi connectivity index (χ1n) is 8.34. The van der Waals surface area contributed by atoms with Crippen LogP contribution >= 0.6 is 28.1 Å². The summed E-state index contributed by atoms with van der Waals surface area (Å²) in [6, 6.07) is 21.8. The number of carbonyl (C=O) groups is 1. The summed E-state index contributed by atoms with van der Waals surface area (Å²) in [4.78, 5) is 12.3. The van der Waals surface area contributed by atoms with Crippen LogP contribution in [0.3, 0.4) is 0 Å². The summed E-state index contributed by atoms with van der Waals surface area (Å²) < 4.78 is 11.6. The van der Waals surface area contributed by atoms with E-state index < -0.39 is 0 Å². The van der Waals surface area contributed by atoms with E-state index in [-0.39, 0.29) is 11.0 Å². The van der Waals surface area contributed by atoms with E-state index in [1.54, 1.807) is 25.3 Å². The SMILES string of the molecule is COc1ccc(C(=O)NC(=S)Nc2ccc(Oc3ccccc3)cc2)cc1Br. The Balaban J connectivity index is 1.57. The molecule has 7 heteroatoms. The van der Waals surface area contributed by atoms with E-state index in [1.165, 1.54) is 0 Å². The van der Waals surface area contributed by atoms with Gasteiger partial charge in [0.1, 0.15) is 17.2 Å². The fourth-order valence-corrected chi connectivity index (χ4v) is 3.13. The maximum absolute atomic E-state index is 12.3. The van der Waals surface area contributed by atoms with Gasteiger partial charge in [0.15, 0.2) is 5.11 Å². The van der Waals surface area contributed by atoms with Crippen LogP contribution in [0.25, 0.3) is 0 Å². The molecule has 0 heterocycles. The van der Waals surface area contributed by atoms with E-state index in [4.69, 9.17) is 21.7 Å². The van der Waals surface area contributed by atoms with Crippen LogP contribution in [-0.4, -0.2) is 18.1 Å². The molecule has 0 atom stereocenters. The molecule has 0 aromatic heterocycles. The van der Waals surface area contributed by atoms with E-state index in [1.807, 2.05) is 54.6 Å². The Labute approximate surface area is 176 Å². The van der Waals surface area contributed by atoms with Gasteiger partial charge in [-0.25, -0.2) is 0 Å². The summed E-state index contributed by atoms with van der Waals surface area (Å²) in [5.41, 5.74) is 1.20. The van der Waals surface area contributed by atoms with Crippen LogP contribution in [0, 0.1) is 0 Å². The predicted octanol–water partition coefficient (Wildman–Crippen LogP) is 5.38. The molecule has 0 saturated heterocycles. The molecule has 28 heavy (non-hydrogen) atoms. The number of thiocarbonyl (C=S) groups is 1. The first kappa shape index (κ1) is 19.9. The quantitative estimate of drug-likeness (QED) is 0.504. The van der Waals surface area contributed by atoms with Gasteiger partial charge < -0.3 is 14.8 Å². The van der Waals surface area contributed by atoms with E-state index in [9.17, 15) is 4.79 Å². The van der Waals surface area contributed by atoms with Crippen molar-refractivity contribution in [3.63, 3.8) is 0 Å². The second-order valence-electron chi connectivity index (χ2n) is 5.70. The molecular weight excluding hydrogens is 440 g/mol. The number of benzene rings is 3. The van der Waals surface area contributed by atoms with Gasteiger partial charge in [0.05, 0.1) is 11.6 Å². The van der Waals surface area contributed by atoms with Gasteiger partial charge in [-0.3, -0.25) is 10.1 Å². The molecule has 0 aliphatic carbocycles. The fraction of sp³-hybridized carbons (Fsp3) is 0.0476. The Bertz CT molecular complexity index is 979. The van der Waals surface area contributed by atoms with Crippen molar-refractivity contribution in [2.24, 2.45) is 0 Å². The van der Waals surface area contributed by atoms with Crippen molar-refractivity contribution in [1.29, 1.82) is 0 Å². The Morgan fingerprint density at radius 2 is 1.64 bits per heavy atom. The number of hydrogen-bond acceptors (Lipinski definition) is 4. The van der Waals surface area contributed by atoms with Gasteiger partial charge in [-0.1, -0.05) is 18.2 Å². The van der Waals surface area contributed by atoms with E-state index >= 15 is 0 Å². The minimum Gasteiger partial charge on any atom is -0.496 e. The number of ether oxygens (including phenoxy) is 2. The van der Waals surface area contributed by atoms with Gasteiger partial charge >= 0.3 is 0 Å². The Hall–Kier alpha value is -2.90. The van der Waals surface area contributed by atoms with Crippen LogP contribution in [-0.2, 0) is 0 Å². The van der Waals surface area contributed by atoms with Gasteiger partial charge in [-0.15, -0.1) is 0 Å². The highest BCUT2D eigenvalue weighted by atomic mass is 79.9.